The molecule has 0 saturated carbocycles. The van der Waals surface area contributed by atoms with Crippen LogP contribution in [0.15, 0.2) is 54.6 Å². The van der Waals surface area contributed by atoms with Crippen molar-refractivity contribution in [1.29, 1.82) is 0 Å². The molecule has 0 bridgehead atoms. The summed E-state index contributed by atoms with van der Waals surface area (Å²) in [5.74, 6) is 0.643. The monoisotopic (exact) mass is 342 g/mol. The second-order valence-electron chi connectivity index (χ2n) is 5.66. The number of carbonyl (C=O) groups excluding carboxylic acids is 1. The first-order chi connectivity index (χ1) is 11.7. The fraction of sp³-hybridized carbons (Fsp3) is 0.250. The van der Waals surface area contributed by atoms with Crippen LogP contribution in [0.1, 0.15) is 35.2 Å². The van der Waals surface area contributed by atoms with Crippen LogP contribution in [0.2, 0.25) is 5.02 Å². The van der Waals surface area contributed by atoms with E-state index in [2.05, 4.69) is 0 Å². The molecule has 1 fully saturated rings. The lowest BCUT2D eigenvalue weighted by atomic mass is 10.1. The zero-order valence-electron chi connectivity index (χ0n) is 13.3. The van der Waals surface area contributed by atoms with Crippen molar-refractivity contribution >= 4 is 23.5 Å². The number of carbonyl (C=O) groups is 1. The maximum absolute atomic E-state index is 12.2. The van der Waals surface area contributed by atoms with Crippen LogP contribution >= 0.6 is 11.6 Å². The van der Waals surface area contributed by atoms with Gasteiger partial charge in [-0.25, -0.2) is 0 Å². The Kier molecular flexibility index (Phi) is 5.68. The lowest BCUT2D eigenvalue weighted by molar-refractivity contribution is -0.105. The van der Waals surface area contributed by atoms with Crippen molar-refractivity contribution in [2.45, 2.75) is 25.6 Å². The van der Waals surface area contributed by atoms with E-state index in [0.29, 0.717) is 16.3 Å². The molecule has 3 nitrogen and oxygen atoms in total. The SMILES string of the molecule is O=C(/C=C/c1ccccc1Cl)c1ccc(OC2CCCCO2)cc1. The molecule has 1 aliphatic rings. The fourth-order valence-corrected chi connectivity index (χ4v) is 2.72. The Hall–Kier alpha value is -2.10. The molecule has 24 heavy (non-hydrogen) atoms. The third-order valence-corrected chi connectivity index (χ3v) is 4.21. The summed E-state index contributed by atoms with van der Waals surface area (Å²) in [6, 6.07) is 14.5. The van der Waals surface area contributed by atoms with Crippen LogP contribution in [0.25, 0.3) is 6.08 Å². The average Bonchev–Trinajstić information content (AvgIpc) is 2.62. The van der Waals surface area contributed by atoms with E-state index in [1.807, 2.05) is 18.2 Å². The molecule has 0 radical (unpaired) electrons. The topological polar surface area (TPSA) is 35.5 Å². The van der Waals surface area contributed by atoms with Crippen LogP contribution < -0.4 is 4.74 Å². The highest BCUT2D eigenvalue weighted by Crippen LogP contribution is 2.20. The Morgan fingerprint density at radius 3 is 2.62 bits per heavy atom. The van der Waals surface area contributed by atoms with E-state index in [9.17, 15) is 4.79 Å². The van der Waals surface area contributed by atoms with Crippen LogP contribution in [0.5, 0.6) is 5.75 Å². The fourth-order valence-electron chi connectivity index (χ4n) is 2.53. The summed E-state index contributed by atoms with van der Waals surface area (Å²) in [6.45, 7) is 0.744. The van der Waals surface area contributed by atoms with Crippen LogP contribution in [-0.4, -0.2) is 18.7 Å². The highest BCUT2D eigenvalue weighted by Gasteiger charge is 2.15. The van der Waals surface area contributed by atoms with E-state index in [0.717, 1.165) is 31.4 Å². The van der Waals surface area contributed by atoms with E-state index in [1.165, 1.54) is 6.08 Å². The summed E-state index contributed by atoms with van der Waals surface area (Å²) < 4.78 is 11.3. The second-order valence-corrected chi connectivity index (χ2v) is 6.06. The Bertz CT molecular complexity index is 716. The van der Waals surface area contributed by atoms with E-state index in [1.54, 1.807) is 36.4 Å². The van der Waals surface area contributed by atoms with E-state index in [-0.39, 0.29) is 12.1 Å². The van der Waals surface area contributed by atoms with Crippen LogP contribution in [0.4, 0.5) is 0 Å². The molecule has 0 amide bonds. The lowest BCUT2D eigenvalue weighted by Crippen LogP contribution is -2.24. The van der Waals surface area contributed by atoms with Gasteiger partial charge in [-0.2, -0.15) is 0 Å². The molecule has 2 aromatic rings. The van der Waals surface area contributed by atoms with Gasteiger partial charge >= 0.3 is 0 Å². The van der Waals surface area contributed by atoms with Gasteiger partial charge in [-0.05, 0) is 60.9 Å². The normalized spacial score (nSPS) is 17.8. The number of ketones is 1. The summed E-state index contributed by atoms with van der Waals surface area (Å²) >= 11 is 6.08. The molecule has 1 unspecified atom stereocenters. The highest BCUT2D eigenvalue weighted by molar-refractivity contribution is 6.32. The van der Waals surface area contributed by atoms with Crippen molar-refractivity contribution in [3.63, 3.8) is 0 Å². The predicted molar refractivity (Wildman–Crippen MR) is 95.5 cm³/mol. The minimum Gasteiger partial charge on any atom is -0.465 e. The zero-order chi connectivity index (χ0) is 16.8. The van der Waals surface area contributed by atoms with Crippen molar-refractivity contribution in [3.8, 4) is 5.75 Å². The molecule has 3 rings (SSSR count). The van der Waals surface area contributed by atoms with Crippen molar-refractivity contribution in [2.24, 2.45) is 0 Å². The van der Waals surface area contributed by atoms with Gasteiger partial charge in [-0.1, -0.05) is 29.8 Å². The molecule has 124 valence electrons. The van der Waals surface area contributed by atoms with Gasteiger partial charge < -0.3 is 9.47 Å². The average molecular weight is 343 g/mol. The number of hydrogen-bond donors (Lipinski definition) is 0. The minimum absolute atomic E-state index is 0.0737. The number of halogens is 1. The van der Waals surface area contributed by atoms with Crippen molar-refractivity contribution in [3.05, 3.63) is 70.8 Å². The van der Waals surface area contributed by atoms with E-state index >= 15 is 0 Å². The van der Waals surface area contributed by atoms with Crippen molar-refractivity contribution in [2.75, 3.05) is 6.61 Å². The number of benzene rings is 2. The van der Waals surface area contributed by atoms with Gasteiger partial charge in [0.05, 0.1) is 6.61 Å². The summed E-state index contributed by atoms with van der Waals surface area (Å²) in [4.78, 5) is 12.2. The van der Waals surface area contributed by atoms with Crippen LogP contribution in [0.3, 0.4) is 0 Å². The number of rotatable bonds is 5. The van der Waals surface area contributed by atoms with Gasteiger partial charge in [-0.3, -0.25) is 4.79 Å². The smallest absolute Gasteiger partial charge is 0.199 e. The van der Waals surface area contributed by atoms with Gasteiger partial charge in [0.25, 0.3) is 0 Å². The van der Waals surface area contributed by atoms with Crippen molar-refractivity contribution in [1.82, 2.24) is 0 Å². The summed E-state index contributed by atoms with van der Waals surface area (Å²) in [7, 11) is 0. The second kappa shape index (κ2) is 8.13. The molecule has 4 heteroatoms. The summed E-state index contributed by atoms with van der Waals surface area (Å²) in [5.41, 5.74) is 1.43. The van der Waals surface area contributed by atoms with Crippen LogP contribution in [-0.2, 0) is 4.74 Å². The van der Waals surface area contributed by atoms with Gasteiger partial charge in [0.15, 0.2) is 12.1 Å². The molecule has 0 aromatic heterocycles. The molecule has 2 aromatic carbocycles. The first-order valence-corrected chi connectivity index (χ1v) is 8.45. The minimum atomic E-state index is -0.180. The standard InChI is InChI=1S/C20H19ClO3/c21-18-6-2-1-5-15(18)10-13-19(22)16-8-11-17(12-9-16)24-20-7-3-4-14-23-20/h1-2,5-6,8-13,20H,3-4,7,14H2/b13-10+. The largest absolute Gasteiger partial charge is 0.465 e. The van der Waals surface area contributed by atoms with E-state index < -0.39 is 0 Å². The van der Waals surface area contributed by atoms with Gasteiger partial charge in [-0.15, -0.1) is 0 Å². The van der Waals surface area contributed by atoms with Gasteiger partial charge in [0, 0.05) is 17.0 Å². The predicted octanol–water partition coefficient (Wildman–Crippen LogP) is 5.14. The lowest BCUT2D eigenvalue weighted by Gasteiger charge is -2.23. The molecule has 0 N–H and O–H groups in total. The van der Waals surface area contributed by atoms with Crippen LogP contribution in [0, 0.1) is 0 Å². The zero-order valence-corrected chi connectivity index (χ0v) is 14.0. The summed E-state index contributed by atoms with van der Waals surface area (Å²) in [5, 5.41) is 0.623. The maximum Gasteiger partial charge on any atom is 0.199 e. The molecule has 0 spiro atoms. The molecular formula is C20H19ClO3. The van der Waals surface area contributed by atoms with E-state index in [4.69, 9.17) is 21.1 Å². The Morgan fingerprint density at radius 2 is 1.92 bits per heavy atom. The van der Waals surface area contributed by atoms with Gasteiger partial charge in [0.1, 0.15) is 5.75 Å². The third kappa shape index (κ3) is 4.47. The molecule has 0 aliphatic carbocycles. The maximum atomic E-state index is 12.2. The first kappa shape index (κ1) is 16.7. The van der Waals surface area contributed by atoms with Crippen molar-refractivity contribution < 1.29 is 14.3 Å². The molecule has 1 aliphatic heterocycles. The number of ether oxygens (including phenoxy) is 2. The summed E-state index contributed by atoms with van der Waals surface area (Å²) in [6.07, 6.45) is 6.19. The van der Waals surface area contributed by atoms with Gasteiger partial charge in [0.2, 0.25) is 0 Å². The molecular weight excluding hydrogens is 324 g/mol. The Labute approximate surface area is 146 Å². The first-order valence-electron chi connectivity index (χ1n) is 8.07. The molecule has 1 atom stereocenters. The Balaban J connectivity index is 1.62. The highest BCUT2D eigenvalue weighted by atomic mass is 35.5. The number of hydrogen-bond acceptors (Lipinski definition) is 3. The number of allylic oxidation sites excluding steroid dienone is 1. The molecule has 1 heterocycles. The quantitative estimate of drug-likeness (QED) is 0.557. The Morgan fingerprint density at radius 1 is 1.12 bits per heavy atom. The molecule has 1 saturated heterocycles. The third-order valence-electron chi connectivity index (χ3n) is 3.86.